The van der Waals surface area contributed by atoms with Gasteiger partial charge < -0.3 is 44.8 Å². The maximum atomic E-state index is 12.7. The van der Waals surface area contributed by atoms with E-state index >= 15 is 0 Å². The number of hydrogen-bond acceptors (Lipinski definition) is 10. The van der Waals surface area contributed by atoms with Gasteiger partial charge in [-0.25, -0.2) is 4.79 Å². The number of carboxylic acid groups (broad SMARTS) is 1. The van der Waals surface area contributed by atoms with Gasteiger partial charge in [0.25, 0.3) is 0 Å². The standard InChI is InChI=1S/C21H30O11/c1-10(6-13(22)23)4-5-21(29)19(2)7-11(8-20(21,3)32-18(19)28)30-9-12-14(24)15(25)16(26)17(27)31-12/h4-6,11-12,14-17,24-27,29H,7-9H2,1-3H3,(H,22,23)/b5-4+,10-6-/t11-,12+,14+,15-,16+,17+,19-,20-,21-/m0/s1. The van der Waals surface area contributed by atoms with Crippen molar-refractivity contribution in [2.45, 2.75) is 81.6 Å². The van der Waals surface area contributed by atoms with Gasteiger partial charge in [0.15, 0.2) is 6.29 Å². The largest absolute Gasteiger partial charge is 0.478 e. The Balaban J connectivity index is 1.76. The minimum absolute atomic E-state index is 0.0561. The molecular weight excluding hydrogens is 428 g/mol. The Morgan fingerprint density at radius 1 is 1.16 bits per heavy atom. The molecule has 6 N–H and O–H groups in total. The number of allylic oxidation sites excluding steroid dienone is 2. The van der Waals surface area contributed by atoms with Crippen molar-refractivity contribution < 1.29 is 54.4 Å². The van der Waals surface area contributed by atoms with E-state index < -0.39 is 65.4 Å². The number of aliphatic carboxylic acids is 1. The molecule has 3 rings (SSSR count). The molecule has 0 spiro atoms. The van der Waals surface area contributed by atoms with Crippen molar-refractivity contribution in [2.75, 3.05) is 6.61 Å². The van der Waals surface area contributed by atoms with Crippen LogP contribution in [0.4, 0.5) is 0 Å². The molecule has 9 atom stereocenters. The number of fused-ring (bicyclic) bond motifs is 2. The van der Waals surface area contributed by atoms with Crippen molar-refractivity contribution in [3.8, 4) is 0 Å². The van der Waals surface area contributed by atoms with Gasteiger partial charge in [0.05, 0.1) is 12.7 Å². The Hall–Kier alpha value is -1.86. The first-order valence-corrected chi connectivity index (χ1v) is 10.3. The molecule has 0 aromatic heterocycles. The lowest BCUT2D eigenvalue weighted by atomic mass is 9.59. The summed E-state index contributed by atoms with van der Waals surface area (Å²) in [6.07, 6.45) is -4.27. The summed E-state index contributed by atoms with van der Waals surface area (Å²) in [5.41, 5.74) is -4.14. The van der Waals surface area contributed by atoms with E-state index in [0.717, 1.165) is 6.08 Å². The van der Waals surface area contributed by atoms with Crippen LogP contribution >= 0.6 is 0 Å². The Morgan fingerprint density at radius 2 is 1.81 bits per heavy atom. The summed E-state index contributed by atoms with van der Waals surface area (Å²) in [6, 6.07) is 0. The van der Waals surface area contributed by atoms with Crippen molar-refractivity contribution in [1.82, 2.24) is 0 Å². The van der Waals surface area contributed by atoms with Crippen molar-refractivity contribution in [3.63, 3.8) is 0 Å². The second kappa shape index (κ2) is 8.49. The Morgan fingerprint density at radius 3 is 2.41 bits per heavy atom. The smallest absolute Gasteiger partial charge is 0.328 e. The van der Waals surface area contributed by atoms with Gasteiger partial charge in [-0.2, -0.15) is 0 Å². The van der Waals surface area contributed by atoms with Crippen LogP contribution in [0.1, 0.15) is 33.6 Å². The van der Waals surface area contributed by atoms with Gasteiger partial charge in [-0.15, -0.1) is 0 Å². The second-order valence-electron chi connectivity index (χ2n) is 9.18. The maximum absolute atomic E-state index is 12.7. The molecule has 2 heterocycles. The molecule has 0 aromatic rings. The fraction of sp³-hybridized carbons (Fsp3) is 0.714. The fourth-order valence-corrected chi connectivity index (χ4v) is 4.80. The molecule has 0 radical (unpaired) electrons. The lowest BCUT2D eigenvalue weighted by Gasteiger charge is -2.48. The highest BCUT2D eigenvalue weighted by Gasteiger charge is 2.73. The molecule has 32 heavy (non-hydrogen) atoms. The number of aliphatic hydroxyl groups is 5. The van der Waals surface area contributed by atoms with E-state index in [2.05, 4.69) is 0 Å². The third-order valence-corrected chi connectivity index (χ3v) is 6.79. The highest BCUT2D eigenvalue weighted by atomic mass is 16.6. The summed E-state index contributed by atoms with van der Waals surface area (Å²) >= 11 is 0. The van der Waals surface area contributed by atoms with Crippen LogP contribution < -0.4 is 0 Å². The molecule has 11 heteroatoms. The average molecular weight is 458 g/mol. The van der Waals surface area contributed by atoms with Gasteiger partial charge >= 0.3 is 11.9 Å². The van der Waals surface area contributed by atoms with E-state index in [4.69, 9.17) is 19.3 Å². The Bertz CT molecular complexity index is 825. The van der Waals surface area contributed by atoms with E-state index in [1.165, 1.54) is 19.1 Å². The predicted molar refractivity (Wildman–Crippen MR) is 106 cm³/mol. The minimum atomic E-state index is -1.73. The third-order valence-electron chi connectivity index (χ3n) is 6.79. The molecule has 2 aliphatic heterocycles. The zero-order valence-electron chi connectivity index (χ0n) is 18.0. The van der Waals surface area contributed by atoms with Gasteiger partial charge in [-0.1, -0.05) is 6.08 Å². The van der Waals surface area contributed by atoms with Gasteiger partial charge in [-0.3, -0.25) is 4.79 Å². The van der Waals surface area contributed by atoms with E-state index in [0.29, 0.717) is 5.57 Å². The minimum Gasteiger partial charge on any atom is -0.478 e. The van der Waals surface area contributed by atoms with Crippen molar-refractivity contribution >= 4 is 11.9 Å². The van der Waals surface area contributed by atoms with E-state index in [1.807, 2.05) is 0 Å². The molecule has 1 saturated carbocycles. The van der Waals surface area contributed by atoms with Crippen LogP contribution in [0.15, 0.2) is 23.8 Å². The molecule has 0 unspecified atom stereocenters. The summed E-state index contributed by atoms with van der Waals surface area (Å²) in [7, 11) is 0. The molecule has 2 saturated heterocycles. The fourth-order valence-electron chi connectivity index (χ4n) is 4.80. The van der Waals surface area contributed by atoms with E-state index in [9.17, 15) is 35.1 Å². The molecule has 3 aliphatic rings. The SMILES string of the molecule is CC(=C/C(=O)O)/C=C/[C@]1(O)[C@@]2(C)C[C@H](OC[C@H]3O[C@@H](O)[C@H](O)[C@@H](O)[C@@H]3O)C[C@]1(C)OC2=O. The first-order valence-electron chi connectivity index (χ1n) is 10.3. The number of ether oxygens (including phenoxy) is 3. The molecule has 0 amide bonds. The van der Waals surface area contributed by atoms with Gasteiger partial charge in [0, 0.05) is 12.5 Å². The van der Waals surface area contributed by atoms with Crippen molar-refractivity contribution in [3.05, 3.63) is 23.8 Å². The lowest BCUT2D eigenvalue weighted by Crippen LogP contribution is -2.62. The van der Waals surface area contributed by atoms with Crippen molar-refractivity contribution in [1.29, 1.82) is 0 Å². The summed E-state index contributed by atoms with van der Waals surface area (Å²) in [4.78, 5) is 23.6. The third kappa shape index (κ3) is 3.98. The first-order chi connectivity index (χ1) is 14.7. The van der Waals surface area contributed by atoms with Crippen LogP contribution in [0.25, 0.3) is 0 Å². The van der Waals surface area contributed by atoms with Crippen molar-refractivity contribution in [2.24, 2.45) is 5.41 Å². The number of rotatable bonds is 6. The summed E-state index contributed by atoms with van der Waals surface area (Å²) in [5, 5.41) is 59.5. The van der Waals surface area contributed by atoms with Crippen LogP contribution in [-0.4, -0.2) is 97.2 Å². The predicted octanol–water partition coefficient (Wildman–Crippen LogP) is -1.39. The van der Waals surface area contributed by atoms with Gasteiger partial charge in [0.1, 0.15) is 41.0 Å². The number of aliphatic hydroxyl groups excluding tert-OH is 4. The molecule has 11 nitrogen and oxygen atoms in total. The monoisotopic (exact) mass is 458 g/mol. The normalized spacial score (nSPS) is 47.0. The summed E-state index contributed by atoms with van der Waals surface area (Å²) in [5.74, 6) is -1.76. The molecule has 3 fully saturated rings. The Labute approximate surface area is 184 Å². The van der Waals surface area contributed by atoms with Crippen LogP contribution in [-0.2, 0) is 23.8 Å². The highest BCUT2D eigenvalue weighted by molar-refractivity contribution is 5.84. The van der Waals surface area contributed by atoms with Crippen LogP contribution in [0.2, 0.25) is 0 Å². The average Bonchev–Trinajstić information content (AvgIpc) is 2.77. The quantitative estimate of drug-likeness (QED) is 0.156. The van der Waals surface area contributed by atoms with Crippen LogP contribution in [0, 0.1) is 5.41 Å². The zero-order valence-corrected chi connectivity index (χ0v) is 18.0. The number of carboxylic acids is 1. The zero-order chi connectivity index (χ0) is 24.1. The van der Waals surface area contributed by atoms with Gasteiger partial charge in [-0.05, 0) is 38.8 Å². The number of esters is 1. The lowest BCUT2D eigenvalue weighted by molar-refractivity contribution is -0.292. The number of hydrogen-bond donors (Lipinski definition) is 6. The molecule has 0 aromatic carbocycles. The van der Waals surface area contributed by atoms with E-state index in [-0.39, 0.29) is 19.4 Å². The van der Waals surface area contributed by atoms with Crippen LogP contribution in [0.5, 0.6) is 0 Å². The van der Waals surface area contributed by atoms with E-state index in [1.54, 1.807) is 13.8 Å². The summed E-state index contributed by atoms with van der Waals surface area (Å²) < 4.78 is 16.5. The molecular formula is C21H30O11. The topological polar surface area (TPSA) is 183 Å². The molecule has 2 bridgehead atoms. The first kappa shape index (κ1) is 24.8. The number of carbonyl (C=O) groups excluding carboxylic acids is 1. The molecule has 1 aliphatic carbocycles. The maximum Gasteiger partial charge on any atom is 0.328 e. The second-order valence-corrected chi connectivity index (χ2v) is 9.18. The Kier molecular flexibility index (Phi) is 6.57. The number of carbonyl (C=O) groups is 2. The van der Waals surface area contributed by atoms with Gasteiger partial charge in [0.2, 0.25) is 0 Å². The summed E-state index contributed by atoms with van der Waals surface area (Å²) in [6.45, 7) is 4.39. The molecule has 180 valence electrons. The van der Waals surface area contributed by atoms with Crippen LogP contribution in [0.3, 0.4) is 0 Å². The highest BCUT2D eigenvalue weighted by Crippen LogP contribution is 2.58.